The molecular formula is C16H30N2O2. The molecule has 2 rings (SSSR count). The molecule has 3 unspecified atom stereocenters. The van der Waals surface area contributed by atoms with E-state index in [4.69, 9.17) is 10.5 Å². The molecule has 0 aromatic rings. The van der Waals surface area contributed by atoms with Crippen LogP contribution in [0.25, 0.3) is 0 Å². The van der Waals surface area contributed by atoms with Crippen LogP contribution in [0.4, 0.5) is 0 Å². The Kier molecular flexibility index (Phi) is 5.08. The first-order chi connectivity index (χ1) is 9.48. The van der Waals surface area contributed by atoms with E-state index in [0.29, 0.717) is 31.0 Å². The average molecular weight is 282 g/mol. The van der Waals surface area contributed by atoms with Gasteiger partial charge in [0.1, 0.15) is 0 Å². The second-order valence-corrected chi connectivity index (χ2v) is 6.93. The number of rotatable bonds is 6. The van der Waals surface area contributed by atoms with Crippen molar-refractivity contribution in [3.05, 3.63) is 0 Å². The zero-order valence-corrected chi connectivity index (χ0v) is 13.2. The van der Waals surface area contributed by atoms with Gasteiger partial charge in [0.2, 0.25) is 5.91 Å². The van der Waals surface area contributed by atoms with Gasteiger partial charge in [0.25, 0.3) is 0 Å². The van der Waals surface area contributed by atoms with E-state index in [2.05, 4.69) is 13.8 Å². The summed E-state index contributed by atoms with van der Waals surface area (Å²) in [5.41, 5.74) is 5.85. The van der Waals surface area contributed by atoms with E-state index < -0.39 is 5.54 Å². The van der Waals surface area contributed by atoms with Gasteiger partial charge in [-0.1, -0.05) is 19.8 Å². The number of hydrogen-bond acceptors (Lipinski definition) is 3. The van der Waals surface area contributed by atoms with E-state index >= 15 is 0 Å². The molecule has 3 atom stereocenters. The third kappa shape index (κ3) is 3.53. The van der Waals surface area contributed by atoms with Crippen molar-refractivity contribution in [2.75, 3.05) is 20.3 Å². The van der Waals surface area contributed by atoms with Crippen LogP contribution in [0.1, 0.15) is 52.4 Å². The van der Waals surface area contributed by atoms with Gasteiger partial charge >= 0.3 is 0 Å². The molecule has 4 heteroatoms. The van der Waals surface area contributed by atoms with Crippen molar-refractivity contribution >= 4 is 5.91 Å². The highest BCUT2D eigenvalue weighted by Gasteiger charge is 2.44. The maximum atomic E-state index is 13.0. The molecule has 4 nitrogen and oxygen atoms in total. The number of amides is 1. The molecule has 0 radical (unpaired) electrons. The van der Waals surface area contributed by atoms with E-state index in [0.717, 1.165) is 19.3 Å². The largest absolute Gasteiger partial charge is 0.383 e. The minimum absolute atomic E-state index is 0.153. The molecule has 2 N–H and O–H groups in total. The molecule has 0 aromatic carbocycles. The van der Waals surface area contributed by atoms with E-state index in [1.807, 2.05) is 4.90 Å². The summed E-state index contributed by atoms with van der Waals surface area (Å²) in [6.07, 6.45) is 6.41. The topological polar surface area (TPSA) is 55.6 Å². The van der Waals surface area contributed by atoms with Crippen molar-refractivity contribution in [1.29, 1.82) is 0 Å². The quantitative estimate of drug-likeness (QED) is 0.812. The highest BCUT2D eigenvalue weighted by molar-refractivity contribution is 5.86. The van der Waals surface area contributed by atoms with Gasteiger partial charge in [0.05, 0.1) is 12.1 Å². The van der Waals surface area contributed by atoms with E-state index in [1.54, 1.807) is 7.11 Å². The van der Waals surface area contributed by atoms with Crippen molar-refractivity contribution in [2.24, 2.45) is 17.6 Å². The van der Waals surface area contributed by atoms with Crippen LogP contribution in [0.2, 0.25) is 0 Å². The fourth-order valence-electron chi connectivity index (χ4n) is 3.59. The molecule has 20 heavy (non-hydrogen) atoms. The maximum absolute atomic E-state index is 13.0. The predicted molar refractivity (Wildman–Crippen MR) is 80.3 cm³/mol. The van der Waals surface area contributed by atoms with Gasteiger partial charge < -0.3 is 15.4 Å². The first kappa shape index (κ1) is 15.8. The lowest BCUT2D eigenvalue weighted by Crippen LogP contribution is -2.60. The summed E-state index contributed by atoms with van der Waals surface area (Å²) in [7, 11) is 1.69. The summed E-state index contributed by atoms with van der Waals surface area (Å²) >= 11 is 0. The monoisotopic (exact) mass is 282 g/mol. The predicted octanol–water partition coefficient (Wildman–Crippen LogP) is 2.17. The Bertz CT molecular complexity index is 343. The number of carbonyl (C=O) groups excluding carboxylic acids is 1. The number of hydrogen-bond donors (Lipinski definition) is 1. The summed E-state index contributed by atoms with van der Waals surface area (Å²) in [6, 6.07) is 0.301. The van der Waals surface area contributed by atoms with Crippen molar-refractivity contribution in [1.82, 2.24) is 4.90 Å². The van der Waals surface area contributed by atoms with Crippen LogP contribution in [0.3, 0.4) is 0 Å². The van der Waals surface area contributed by atoms with E-state index in [1.165, 1.54) is 19.3 Å². The minimum atomic E-state index is -0.644. The zero-order chi connectivity index (χ0) is 14.8. The molecular weight excluding hydrogens is 252 g/mol. The first-order valence-electron chi connectivity index (χ1n) is 8.07. The van der Waals surface area contributed by atoms with Gasteiger partial charge in [-0.05, 0) is 44.4 Å². The molecule has 116 valence electrons. The van der Waals surface area contributed by atoms with Crippen LogP contribution in [-0.4, -0.2) is 42.6 Å². The Balaban J connectivity index is 2.07. The highest BCUT2D eigenvalue weighted by Crippen LogP contribution is 2.37. The molecule has 2 aliphatic rings. The van der Waals surface area contributed by atoms with Crippen LogP contribution in [-0.2, 0) is 9.53 Å². The van der Waals surface area contributed by atoms with Crippen LogP contribution in [0, 0.1) is 11.8 Å². The number of nitrogens with zero attached hydrogens (tertiary/aromatic N) is 1. The fourth-order valence-corrected chi connectivity index (χ4v) is 3.59. The Hall–Kier alpha value is -0.610. The van der Waals surface area contributed by atoms with Crippen LogP contribution < -0.4 is 5.73 Å². The van der Waals surface area contributed by atoms with Gasteiger partial charge in [-0.25, -0.2) is 0 Å². The standard InChI is InChI=1S/C16H30N2O2/c1-12-5-4-8-16(17,11-12)15(19)18(9-10-20-3)13(2)14-6-7-14/h12-14H,4-11,17H2,1-3H3. The molecule has 0 bridgehead atoms. The number of methoxy groups -OCH3 is 1. The summed E-state index contributed by atoms with van der Waals surface area (Å²) in [4.78, 5) is 15.0. The van der Waals surface area contributed by atoms with E-state index in [9.17, 15) is 4.79 Å². The molecule has 0 aromatic heterocycles. The van der Waals surface area contributed by atoms with Crippen molar-refractivity contribution in [3.8, 4) is 0 Å². The lowest BCUT2D eigenvalue weighted by atomic mass is 9.76. The molecule has 2 saturated carbocycles. The molecule has 0 spiro atoms. The SMILES string of the molecule is COCCN(C(=O)C1(N)CCCC(C)C1)C(C)C1CC1. The van der Waals surface area contributed by atoms with Crippen molar-refractivity contribution in [3.63, 3.8) is 0 Å². The number of nitrogens with two attached hydrogens (primary N) is 1. The molecule has 2 aliphatic carbocycles. The lowest BCUT2D eigenvalue weighted by Gasteiger charge is -2.41. The second-order valence-electron chi connectivity index (χ2n) is 6.93. The van der Waals surface area contributed by atoms with Crippen LogP contribution >= 0.6 is 0 Å². The Labute approximate surface area is 123 Å². The molecule has 0 heterocycles. The fraction of sp³-hybridized carbons (Fsp3) is 0.938. The third-order valence-corrected chi connectivity index (χ3v) is 5.05. The lowest BCUT2D eigenvalue weighted by molar-refractivity contribution is -0.142. The van der Waals surface area contributed by atoms with Crippen LogP contribution in [0.5, 0.6) is 0 Å². The molecule has 2 fully saturated rings. The summed E-state index contributed by atoms with van der Waals surface area (Å²) in [5, 5.41) is 0. The van der Waals surface area contributed by atoms with Gasteiger partial charge in [0.15, 0.2) is 0 Å². The van der Waals surface area contributed by atoms with Crippen LogP contribution in [0.15, 0.2) is 0 Å². The summed E-state index contributed by atoms with van der Waals surface area (Å²) < 4.78 is 5.18. The summed E-state index contributed by atoms with van der Waals surface area (Å²) in [6.45, 7) is 5.63. The molecule has 0 saturated heterocycles. The highest BCUT2D eigenvalue weighted by atomic mass is 16.5. The second kappa shape index (κ2) is 6.44. The van der Waals surface area contributed by atoms with Crippen molar-refractivity contribution < 1.29 is 9.53 Å². The Morgan fingerprint density at radius 2 is 2.15 bits per heavy atom. The Morgan fingerprint density at radius 3 is 2.70 bits per heavy atom. The maximum Gasteiger partial charge on any atom is 0.242 e. The normalized spacial score (nSPS) is 31.9. The smallest absolute Gasteiger partial charge is 0.242 e. The van der Waals surface area contributed by atoms with E-state index in [-0.39, 0.29) is 5.91 Å². The van der Waals surface area contributed by atoms with Gasteiger partial charge in [-0.3, -0.25) is 4.79 Å². The van der Waals surface area contributed by atoms with Crippen molar-refractivity contribution in [2.45, 2.75) is 64.0 Å². The minimum Gasteiger partial charge on any atom is -0.383 e. The number of ether oxygens (including phenoxy) is 1. The Morgan fingerprint density at radius 1 is 1.45 bits per heavy atom. The number of carbonyl (C=O) groups is 1. The average Bonchev–Trinajstić information content (AvgIpc) is 3.22. The zero-order valence-electron chi connectivity index (χ0n) is 13.2. The molecule has 0 aliphatic heterocycles. The third-order valence-electron chi connectivity index (χ3n) is 5.05. The molecule has 1 amide bonds. The van der Waals surface area contributed by atoms with Gasteiger partial charge in [-0.2, -0.15) is 0 Å². The summed E-state index contributed by atoms with van der Waals surface area (Å²) in [5.74, 6) is 1.37. The van der Waals surface area contributed by atoms with Gasteiger partial charge in [0, 0.05) is 19.7 Å². The first-order valence-corrected chi connectivity index (χ1v) is 8.07. The van der Waals surface area contributed by atoms with Gasteiger partial charge in [-0.15, -0.1) is 0 Å².